The van der Waals surface area contributed by atoms with Gasteiger partial charge in [-0.3, -0.25) is 4.79 Å². The Balaban J connectivity index is 1.85. The molecule has 0 spiro atoms. The van der Waals surface area contributed by atoms with Crippen molar-refractivity contribution in [2.45, 2.75) is 46.6 Å². The Labute approximate surface area is 170 Å². The van der Waals surface area contributed by atoms with E-state index in [2.05, 4.69) is 10.3 Å². The van der Waals surface area contributed by atoms with Gasteiger partial charge in [-0.15, -0.1) is 0 Å². The Morgan fingerprint density at radius 2 is 1.76 bits per heavy atom. The number of aromatic amines is 1. The lowest BCUT2D eigenvalue weighted by atomic mass is 10.1. The number of hydrogen-bond donors (Lipinski definition) is 2. The number of benzene rings is 1. The van der Waals surface area contributed by atoms with Crippen LogP contribution in [0.2, 0.25) is 0 Å². The first-order valence-electron chi connectivity index (χ1n) is 9.70. The van der Waals surface area contributed by atoms with Crippen molar-refractivity contribution in [3.8, 4) is 0 Å². The molecule has 7 nitrogen and oxygen atoms in total. The van der Waals surface area contributed by atoms with Crippen molar-refractivity contribution in [1.82, 2.24) is 10.3 Å². The van der Waals surface area contributed by atoms with E-state index in [9.17, 15) is 14.4 Å². The minimum absolute atomic E-state index is 0.0486. The molecule has 1 aromatic carbocycles. The summed E-state index contributed by atoms with van der Waals surface area (Å²) in [5.41, 5.74) is 2.61. The third-order valence-corrected chi connectivity index (χ3v) is 4.57. The van der Waals surface area contributed by atoms with E-state index in [0.717, 1.165) is 12.8 Å². The van der Waals surface area contributed by atoms with Crippen molar-refractivity contribution in [3.63, 3.8) is 0 Å². The van der Waals surface area contributed by atoms with Crippen LogP contribution < -0.4 is 5.32 Å². The lowest BCUT2D eigenvalue weighted by Crippen LogP contribution is -2.36. The second-order valence-electron chi connectivity index (χ2n) is 6.91. The van der Waals surface area contributed by atoms with Crippen LogP contribution in [0.1, 0.15) is 57.9 Å². The average Bonchev–Trinajstić information content (AvgIpc) is 3.00. The number of carbonyl (C=O) groups is 3. The van der Waals surface area contributed by atoms with Crippen LogP contribution in [0.25, 0.3) is 0 Å². The third kappa shape index (κ3) is 6.20. The number of ether oxygens (including phenoxy) is 2. The van der Waals surface area contributed by atoms with Crippen LogP contribution in [0, 0.1) is 13.8 Å². The molecule has 2 aromatic rings. The summed E-state index contributed by atoms with van der Waals surface area (Å²) >= 11 is 0. The number of rotatable bonds is 9. The number of aryl methyl sites for hydroxylation is 2. The van der Waals surface area contributed by atoms with Crippen molar-refractivity contribution < 1.29 is 23.9 Å². The molecule has 2 N–H and O–H groups in total. The smallest absolute Gasteiger partial charge is 0.355 e. The van der Waals surface area contributed by atoms with Crippen molar-refractivity contribution in [1.29, 1.82) is 0 Å². The summed E-state index contributed by atoms with van der Waals surface area (Å²) in [6, 6.07) is 9.97. The highest BCUT2D eigenvalue weighted by Crippen LogP contribution is 2.19. The predicted molar refractivity (Wildman–Crippen MR) is 109 cm³/mol. The third-order valence-electron chi connectivity index (χ3n) is 4.57. The number of aromatic nitrogens is 1. The van der Waals surface area contributed by atoms with E-state index in [-0.39, 0.29) is 36.4 Å². The summed E-state index contributed by atoms with van der Waals surface area (Å²) in [5, 5.41) is 2.83. The number of hydrogen-bond acceptors (Lipinski definition) is 5. The number of H-pyrrole nitrogens is 1. The summed E-state index contributed by atoms with van der Waals surface area (Å²) in [6.07, 6.45) is 1.63. The maximum absolute atomic E-state index is 12.4. The first kappa shape index (κ1) is 22.2. The van der Waals surface area contributed by atoms with Crippen LogP contribution in [-0.4, -0.2) is 42.1 Å². The predicted octanol–water partition coefficient (Wildman–Crippen LogP) is 3.10. The van der Waals surface area contributed by atoms with Crippen LogP contribution in [0.4, 0.5) is 0 Å². The normalized spacial score (nSPS) is 11.6. The van der Waals surface area contributed by atoms with Gasteiger partial charge in [-0.05, 0) is 51.7 Å². The van der Waals surface area contributed by atoms with Crippen molar-refractivity contribution >= 4 is 17.8 Å². The first-order chi connectivity index (χ1) is 13.8. The van der Waals surface area contributed by atoms with E-state index in [4.69, 9.17) is 9.47 Å². The van der Waals surface area contributed by atoms with Gasteiger partial charge in [0, 0.05) is 11.7 Å². The molecule has 0 saturated carbocycles. The minimum atomic E-state index is -0.654. The van der Waals surface area contributed by atoms with E-state index in [0.29, 0.717) is 11.3 Å². The SMILES string of the molecule is CCOC(=O)c1[nH]c(C)c(C(=O)OCC(=O)N[C@@H](C)CCc2ccccc2)c1C. The Kier molecular flexibility index (Phi) is 8.00. The monoisotopic (exact) mass is 400 g/mol. The van der Waals surface area contributed by atoms with Crippen LogP contribution in [0.15, 0.2) is 30.3 Å². The van der Waals surface area contributed by atoms with E-state index in [1.807, 2.05) is 37.3 Å². The highest BCUT2D eigenvalue weighted by atomic mass is 16.5. The van der Waals surface area contributed by atoms with Gasteiger partial charge in [-0.1, -0.05) is 30.3 Å². The topological polar surface area (TPSA) is 97.5 Å². The highest BCUT2D eigenvalue weighted by Gasteiger charge is 2.24. The van der Waals surface area contributed by atoms with Gasteiger partial charge in [0.05, 0.1) is 12.2 Å². The quantitative estimate of drug-likeness (QED) is 0.631. The van der Waals surface area contributed by atoms with Crippen LogP contribution >= 0.6 is 0 Å². The molecule has 0 saturated heterocycles. The standard InChI is InChI=1S/C22H28N2O5/c1-5-28-22(27)20-15(3)19(16(4)24-20)21(26)29-13-18(25)23-14(2)11-12-17-9-7-6-8-10-17/h6-10,14,24H,5,11-13H2,1-4H3,(H,23,25)/t14-/m0/s1. The summed E-state index contributed by atoms with van der Waals surface area (Å²) in [5.74, 6) is -1.55. The number of nitrogens with one attached hydrogen (secondary N) is 2. The Bertz CT molecular complexity index is 858. The fraction of sp³-hybridized carbons (Fsp3) is 0.409. The zero-order chi connectivity index (χ0) is 21.4. The molecule has 0 aliphatic heterocycles. The molecule has 0 radical (unpaired) electrons. The molecule has 0 unspecified atom stereocenters. The summed E-state index contributed by atoms with van der Waals surface area (Å²) in [4.78, 5) is 39.3. The second kappa shape index (κ2) is 10.5. The average molecular weight is 400 g/mol. The Morgan fingerprint density at radius 1 is 1.07 bits per heavy atom. The molecule has 0 bridgehead atoms. The molecule has 7 heteroatoms. The van der Waals surface area contributed by atoms with Gasteiger partial charge in [0.2, 0.25) is 0 Å². The molecular formula is C22H28N2O5. The summed E-state index contributed by atoms with van der Waals surface area (Å²) in [6.45, 7) is 6.77. The van der Waals surface area contributed by atoms with Crippen molar-refractivity contribution in [2.24, 2.45) is 0 Å². The van der Waals surface area contributed by atoms with Crippen molar-refractivity contribution in [3.05, 3.63) is 58.4 Å². The molecule has 156 valence electrons. The second-order valence-corrected chi connectivity index (χ2v) is 6.91. The molecule has 2 rings (SSSR count). The molecule has 0 aliphatic rings. The first-order valence-corrected chi connectivity index (χ1v) is 9.70. The van der Waals surface area contributed by atoms with Crippen LogP contribution in [-0.2, 0) is 20.7 Å². The number of carbonyl (C=O) groups excluding carboxylic acids is 3. The molecule has 1 heterocycles. The molecular weight excluding hydrogens is 372 g/mol. The van der Waals surface area contributed by atoms with E-state index < -0.39 is 11.9 Å². The van der Waals surface area contributed by atoms with Crippen LogP contribution in [0.3, 0.4) is 0 Å². The van der Waals surface area contributed by atoms with Gasteiger partial charge >= 0.3 is 11.9 Å². The van der Waals surface area contributed by atoms with Gasteiger partial charge in [0.1, 0.15) is 5.69 Å². The maximum Gasteiger partial charge on any atom is 0.355 e. The number of amides is 1. The van der Waals surface area contributed by atoms with E-state index in [1.54, 1.807) is 20.8 Å². The van der Waals surface area contributed by atoms with Gasteiger partial charge in [0.25, 0.3) is 5.91 Å². The fourth-order valence-corrected chi connectivity index (χ4v) is 3.08. The van der Waals surface area contributed by atoms with E-state index in [1.165, 1.54) is 5.56 Å². The highest BCUT2D eigenvalue weighted by molar-refractivity contribution is 5.99. The molecule has 1 aromatic heterocycles. The van der Waals surface area contributed by atoms with Gasteiger partial charge in [-0.25, -0.2) is 9.59 Å². The Hall–Kier alpha value is -3.09. The lowest BCUT2D eigenvalue weighted by molar-refractivity contribution is -0.124. The van der Waals surface area contributed by atoms with Gasteiger partial charge in [-0.2, -0.15) is 0 Å². The number of esters is 2. The van der Waals surface area contributed by atoms with E-state index >= 15 is 0 Å². The van der Waals surface area contributed by atoms with Gasteiger partial charge < -0.3 is 19.8 Å². The molecule has 1 amide bonds. The summed E-state index contributed by atoms with van der Waals surface area (Å²) in [7, 11) is 0. The minimum Gasteiger partial charge on any atom is -0.461 e. The zero-order valence-corrected chi connectivity index (χ0v) is 17.3. The lowest BCUT2D eigenvalue weighted by Gasteiger charge is -2.14. The Morgan fingerprint density at radius 3 is 2.41 bits per heavy atom. The zero-order valence-electron chi connectivity index (χ0n) is 17.3. The fourth-order valence-electron chi connectivity index (χ4n) is 3.08. The molecule has 0 fully saturated rings. The largest absolute Gasteiger partial charge is 0.461 e. The summed E-state index contributed by atoms with van der Waals surface area (Å²) < 4.78 is 10.1. The molecule has 1 atom stereocenters. The van der Waals surface area contributed by atoms with Crippen molar-refractivity contribution in [2.75, 3.05) is 13.2 Å². The molecule has 0 aliphatic carbocycles. The molecule has 29 heavy (non-hydrogen) atoms. The maximum atomic E-state index is 12.4. The van der Waals surface area contributed by atoms with Crippen LogP contribution in [0.5, 0.6) is 0 Å². The van der Waals surface area contributed by atoms with Gasteiger partial charge in [0.15, 0.2) is 6.61 Å².